The van der Waals surface area contributed by atoms with Gasteiger partial charge in [0.1, 0.15) is 0 Å². The van der Waals surface area contributed by atoms with Crippen LogP contribution in [0.1, 0.15) is 0 Å². The topological polar surface area (TPSA) is 0 Å². The van der Waals surface area contributed by atoms with Crippen molar-refractivity contribution in [2.45, 2.75) is 0 Å². The minimum atomic E-state index is 1.21. The number of hydrogen-bond acceptors (Lipinski definition) is 0. The zero-order valence-corrected chi connectivity index (χ0v) is 72.8. The van der Waals surface area contributed by atoms with Crippen LogP contribution in [0.3, 0.4) is 0 Å². The molecule has 0 aromatic rings. The molecule has 0 fully saturated rings. The first-order valence-electron chi connectivity index (χ1n) is 10.7. The third-order valence-corrected chi connectivity index (χ3v) is 166. The van der Waals surface area contributed by atoms with Crippen molar-refractivity contribution in [3.05, 3.63) is 0 Å². The Balaban J connectivity index is 4.07. The van der Waals surface area contributed by atoms with Crippen LogP contribution in [-0.2, 0) is 0 Å². The molecule has 54 heteroatoms. The Kier molecular flexibility index (Phi) is 91.0. The van der Waals surface area contributed by atoms with Crippen LogP contribution in [-0.4, -0.2) is 0 Å². The maximum atomic E-state index is 4.23. The van der Waals surface area contributed by atoms with E-state index >= 15 is 0 Å². The van der Waals surface area contributed by atoms with Crippen LogP contribution < -0.4 is 0 Å². The van der Waals surface area contributed by atoms with E-state index in [9.17, 15) is 0 Å². The Hall–Kier alpha value is 16.6. The molecule has 0 saturated heterocycles. The predicted octanol–water partition coefficient (Wildman–Crippen LogP) is 46.0. The van der Waals surface area contributed by atoms with Crippen LogP contribution in [0.4, 0.5) is 0 Å². The standard InChI is InChI=1S/H2P54/c1-3-5-7-9-11-13-15-17-19-21-23-25-27-29-31-33-35-37-39-41-43-45-47-49-51-53-54-52-50-48-46-44-42-40-38-36-34-32-30-28-26-24-22-20-18-16-14-12-10-8-6-4-2/h1H2. The fourth-order valence-electron chi connectivity index (χ4n) is 0.900. The van der Waals surface area contributed by atoms with Gasteiger partial charge in [-0.3, -0.25) is 0 Å². The molecule has 0 radical (unpaired) electrons. The number of rotatable bonds is 25. The van der Waals surface area contributed by atoms with Crippen molar-refractivity contribution >= 4 is 410 Å². The van der Waals surface area contributed by atoms with E-state index in [2.05, 4.69) is 17.3 Å². The van der Waals surface area contributed by atoms with Crippen LogP contribution in [0, 0.1) is 0 Å². The van der Waals surface area contributed by atoms with Crippen LogP contribution in [0.25, 0.3) is 0 Å². The molecule has 272 valence electrons. The third kappa shape index (κ3) is 68.6. The van der Waals surface area contributed by atoms with E-state index in [-0.39, 0.29) is 0 Å². The first kappa shape index (κ1) is 70.6. The van der Waals surface area contributed by atoms with Gasteiger partial charge in [0, 0.05) is 227 Å². The molecule has 0 aliphatic rings. The van der Waals surface area contributed by atoms with Gasteiger partial charge in [0.15, 0.2) is 0 Å². The smallest absolute Gasteiger partial charge is 0.0774 e. The molecule has 0 aromatic carbocycles. The molecular weight excluding hydrogens is 1670 g/mol. The van der Waals surface area contributed by atoms with Gasteiger partial charge < -0.3 is 0 Å². The fraction of sp³-hybridized carbons (Fsp3) is 0. The van der Waals surface area contributed by atoms with Crippen molar-refractivity contribution in [3.63, 3.8) is 0 Å². The summed E-state index contributed by atoms with van der Waals surface area (Å²) in [6.07, 6.45) is 0. The van der Waals surface area contributed by atoms with Gasteiger partial charge in [-0.25, -0.2) is 0 Å². The van der Waals surface area contributed by atoms with Crippen molar-refractivity contribution < 1.29 is 0 Å². The average Bonchev–Trinajstić information content (AvgIpc) is 3.18. The zero-order valence-electron chi connectivity index (χ0n) is 24.3. The normalized spacial score (nSPS) is 15.3. The molecule has 0 saturated carbocycles. The van der Waals surface area contributed by atoms with Gasteiger partial charge in [-0.1, -0.05) is 8.93 Å². The summed E-state index contributed by atoms with van der Waals surface area (Å²) in [6, 6.07) is 0. The second-order valence-electron chi connectivity index (χ2n) is 4.68. The second kappa shape index (κ2) is 69.6. The molecule has 0 aliphatic carbocycles. The van der Waals surface area contributed by atoms with E-state index in [0.29, 0.717) is 0 Å². The van der Waals surface area contributed by atoms with Crippen LogP contribution >= 0.6 is 410 Å². The summed E-state index contributed by atoms with van der Waals surface area (Å²) in [5.41, 5.74) is 0. The summed E-state index contributed by atoms with van der Waals surface area (Å²) in [5, 5.41) is 0. The van der Waals surface area contributed by atoms with Crippen LogP contribution in [0.2, 0.25) is 0 Å². The van der Waals surface area contributed by atoms with Crippen LogP contribution in [0.15, 0.2) is 0 Å². The van der Waals surface area contributed by atoms with Crippen molar-refractivity contribution in [1.29, 1.82) is 0 Å². The molecule has 0 nitrogen and oxygen atoms in total. The maximum absolute atomic E-state index is 4.23. The van der Waals surface area contributed by atoms with Crippen molar-refractivity contribution in [2.24, 2.45) is 0 Å². The SMILES string of the molecule is P#P=P\P=P/P=P\P=P/P=P\P=P/P=P\P=P/P=P\P=P/P=P\P=P/P=P\P=P/P=P\P=P/P=P\P=P/P=P\P=P/P=P\P=P/P=P\P=P/P=P\P=P/P. The van der Waals surface area contributed by atoms with Gasteiger partial charge in [0.25, 0.3) is 0 Å². The molecular formula is H2P54. The monoisotopic (exact) mass is 1670 g/mol. The van der Waals surface area contributed by atoms with Gasteiger partial charge in [0.2, 0.25) is 0 Å². The quantitative estimate of drug-likeness (QED) is 0.0799. The summed E-state index contributed by atoms with van der Waals surface area (Å²) in [5.74, 6) is 0. The van der Waals surface area contributed by atoms with E-state index in [4.69, 9.17) is 0 Å². The van der Waals surface area contributed by atoms with E-state index < -0.39 is 0 Å². The predicted molar refractivity (Wildman–Crippen MR) is 376 cm³/mol. The molecule has 0 aromatic heterocycles. The van der Waals surface area contributed by atoms with Crippen molar-refractivity contribution in [2.75, 3.05) is 0 Å². The van der Waals surface area contributed by atoms with E-state index in [1.54, 1.807) is 355 Å². The van der Waals surface area contributed by atoms with Crippen molar-refractivity contribution in [1.82, 2.24) is 0 Å². The average molecular weight is 1670 g/mol. The number of hydrogen-bond donors (Lipinski definition) is 0. The molecule has 0 bridgehead atoms. The third-order valence-electron chi connectivity index (χ3n) is 2.05. The molecule has 0 N–H and O–H groups in total. The Bertz CT molecular complexity index is 1820. The molecule has 54 heavy (non-hydrogen) atoms. The molecule has 1 unspecified atom stereocenters. The molecule has 0 rings (SSSR count). The van der Waals surface area contributed by atoms with Gasteiger partial charge >= 0.3 is 106 Å². The van der Waals surface area contributed by atoms with Gasteiger partial charge in [-0.15, -0.1) is 0 Å². The molecule has 0 spiro atoms. The first-order chi connectivity index (χ1) is 26.9. The van der Waals surface area contributed by atoms with E-state index in [1.165, 1.54) is 37.2 Å². The molecule has 0 amide bonds. The Morgan fingerprint density at radius 1 is 0.148 bits per heavy atom. The van der Waals surface area contributed by atoms with Crippen LogP contribution in [0.5, 0.6) is 0 Å². The van der Waals surface area contributed by atoms with E-state index in [0.717, 1.165) is 0 Å². The molecule has 0 heterocycles. The summed E-state index contributed by atoms with van der Waals surface area (Å²) in [4.78, 5) is 0. The summed E-state index contributed by atoms with van der Waals surface area (Å²) in [7, 11) is 88.1. The first-order valence-corrected chi connectivity index (χ1v) is 95.9. The van der Waals surface area contributed by atoms with Crippen molar-refractivity contribution in [3.8, 4) is 0 Å². The molecule has 1 atom stereocenters. The van der Waals surface area contributed by atoms with E-state index in [1.807, 2.05) is 0 Å². The Labute approximate surface area is 403 Å². The summed E-state index contributed by atoms with van der Waals surface area (Å²) in [6.45, 7) is 1.21. The summed E-state index contributed by atoms with van der Waals surface area (Å²) >= 11 is 0. The zero-order chi connectivity index (χ0) is 38.8. The molecule has 0 aliphatic heterocycles. The van der Waals surface area contributed by atoms with Gasteiger partial charge in [0.05, 0.1) is 0 Å². The fourth-order valence-corrected chi connectivity index (χ4v) is 219. The minimum absolute atomic E-state index is 1.21. The Morgan fingerprint density at radius 3 is 0.333 bits per heavy atom. The summed E-state index contributed by atoms with van der Waals surface area (Å²) < 4.78 is 0. The Morgan fingerprint density at radius 2 is 0.241 bits per heavy atom. The minimum Gasteiger partial charge on any atom is -0.0774 e. The van der Waals surface area contributed by atoms with Gasteiger partial charge in [-0.2, -0.15) is 0 Å². The second-order valence-corrected chi connectivity index (χ2v) is 126. The van der Waals surface area contributed by atoms with Gasteiger partial charge in [-0.05, 0) is 68.0 Å².